The molecule has 1 atom stereocenters. The lowest BCUT2D eigenvalue weighted by Gasteiger charge is -2.18. The maximum atomic E-state index is 9.39. The Balaban J connectivity index is 2.06. The van der Waals surface area contributed by atoms with Crippen LogP contribution in [-0.4, -0.2) is 17.1 Å². The Bertz CT molecular complexity index is 451. The van der Waals surface area contributed by atoms with E-state index in [2.05, 4.69) is 26.7 Å². The topological polar surface area (TPSA) is 36.4 Å². The first-order valence-corrected chi connectivity index (χ1v) is 6.47. The van der Waals surface area contributed by atoms with E-state index in [0.717, 1.165) is 12.2 Å². The molecule has 0 radical (unpaired) electrons. The van der Waals surface area contributed by atoms with E-state index in [1.54, 1.807) is 24.5 Å². The molecule has 2 aromatic rings. The van der Waals surface area contributed by atoms with Crippen LogP contribution in [0.15, 0.2) is 35.2 Å². The fraction of sp³-hybridized carbons (Fsp3) is 0.308. The molecule has 2 heterocycles. The highest BCUT2D eigenvalue weighted by Gasteiger charge is 2.05. The Morgan fingerprint density at radius 3 is 2.76 bits per heavy atom. The van der Waals surface area contributed by atoms with Crippen LogP contribution in [0.4, 0.5) is 5.69 Å². The first-order valence-electron chi connectivity index (χ1n) is 5.53. The van der Waals surface area contributed by atoms with Gasteiger partial charge in [-0.05, 0) is 41.4 Å². The normalized spacial score (nSPS) is 12.4. The third-order valence-corrected chi connectivity index (χ3v) is 3.37. The minimum atomic E-state index is -0.508. The van der Waals surface area contributed by atoms with Gasteiger partial charge in [-0.15, -0.1) is 0 Å². The smallest absolute Gasteiger partial charge is 0.0931 e. The van der Waals surface area contributed by atoms with E-state index < -0.39 is 6.10 Å². The molecule has 3 nitrogen and oxygen atoms in total. The standard InChI is InChI=1S/C13H16N2OS/c1-10(16)13-4-3-12(7-14-13)15(2)8-11-5-6-17-9-11/h3-7,9-10,16H,8H2,1-2H3. The summed E-state index contributed by atoms with van der Waals surface area (Å²) in [5.41, 5.74) is 3.07. The lowest BCUT2D eigenvalue weighted by Crippen LogP contribution is -2.16. The molecule has 4 heteroatoms. The molecule has 0 aliphatic rings. The third-order valence-electron chi connectivity index (χ3n) is 2.64. The van der Waals surface area contributed by atoms with Gasteiger partial charge in [0.15, 0.2) is 0 Å². The average molecular weight is 248 g/mol. The number of thiophene rings is 1. The van der Waals surface area contributed by atoms with Crippen LogP contribution in [0.3, 0.4) is 0 Å². The zero-order valence-corrected chi connectivity index (χ0v) is 10.8. The molecule has 17 heavy (non-hydrogen) atoms. The number of aromatic nitrogens is 1. The second-order valence-corrected chi connectivity index (χ2v) is 4.88. The minimum absolute atomic E-state index is 0.508. The first-order chi connectivity index (χ1) is 8.16. The van der Waals surface area contributed by atoms with E-state index >= 15 is 0 Å². The number of nitrogens with zero attached hydrogens (tertiary/aromatic N) is 2. The van der Waals surface area contributed by atoms with Crippen LogP contribution in [0.5, 0.6) is 0 Å². The van der Waals surface area contributed by atoms with Crippen molar-refractivity contribution in [3.63, 3.8) is 0 Å². The lowest BCUT2D eigenvalue weighted by atomic mass is 10.2. The summed E-state index contributed by atoms with van der Waals surface area (Å²) in [7, 11) is 2.04. The minimum Gasteiger partial charge on any atom is -0.387 e. The lowest BCUT2D eigenvalue weighted by molar-refractivity contribution is 0.194. The summed E-state index contributed by atoms with van der Waals surface area (Å²) in [6, 6.07) is 5.98. The Morgan fingerprint density at radius 1 is 1.41 bits per heavy atom. The molecule has 1 unspecified atom stereocenters. The second kappa shape index (κ2) is 5.29. The van der Waals surface area contributed by atoms with E-state index in [1.165, 1.54) is 5.56 Å². The van der Waals surface area contributed by atoms with Crippen LogP contribution in [-0.2, 0) is 6.54 Å². The van der Waals surface area contributed by atoms with E-state index in [1.807, 2.05) is 19.2 Å². The Labute approximate surface area is 105 Å². The van der Waals surface area contributed by atoms with Crippen LogP contribution < -0.4 is 4.90 Å². The van der Waals surface area contributed by atoms with Crippen LogP contribution >= 0.6 is 11.3 Å². The van der Waals surface area contributed by atoms with Gasteiger partial charge in [0.05, 0.1) is 23.7 Å². The number of pyridine rings is 1. The molecule has 2 aromatic heterocycles. The second-order valence-electron chi connectivity index (χ2n) is 4.10. The number of aliphatic hydroxyl groups excluding tert-OH is 1. The fourth-order valence-corrected chi connectivity index (χ4v) is 2.28. The van der Waals surface area contributed by atoms with Gasteiger partial charge in [-0.25, -0.2) is 0 Å². The number of rotatable bonds is 4. The molecule has 0 saturated heterocycles. The molecule has 0 aliphatic heterocycles. The molecular weight excluding hydrogens is 232 g/mol. The number of anilines is 1. The van der Waals surface area contributed by atoms with Crippen molar-refractivity contribution in [3.05, 3.63) is 46.4 Å². The van der Waals surface area contributed by atoms with Crippen molar-refractivity contribution >= 4 is 17.0 Å². The molecule has 0 aromatic carbocycles. The van der Waals surface area contributed by atoms with Gasteiger partial charge in [-0.1, -0.05) is 0 Å². The largest absolute Gasteiger partial charge is 0.387 e. The van der Waals surface area contributed by atoms with Gasteiger partial charge < -0.3 is 10.0 Å². The van der Waals surface area contributed by atoms with Crippen molar-refractivity contribution < 1.29 is 5.11 Å². The molecule has 1 N–H and O–H groups in total. The van der Waals surface area contributed by atoms with Crippen molar-refractivity contribution in [2.75, 3.05) is 11.9 Å². The van der Waals surface area contributed by atoms with Gasteiger partial charge in [0.1, 0.15) is 0 Å². The maximum absolute atomic E-state index is 9.39. The summed E-state index contributed by atoms with van der Waals surface area (Å²) < 4.78 is 0. The number of hydrogen-bond acceptors (Lipinski definition) is 4. The van der Waals surface area contributed by atoms with Gasteiger partial charge in [-0.2, -0.15) is 11.3 Å². The van der Waals surface area contributed by atoms with E-state index in [-0.39, 0.29) is 0 Å². The molecule has 0 aliphatic carbocycles. The Kier molecular flexibility index (Phi) is 3.76. The molecule has 90 valence electrons. The number of aliphatic hydroxyl groups is 1. The monoisotopic (exact) mass is 248 g/mol. The van der Waals surface area contributed by atoms with Crippen molar-refractivity contribution in [1.29, 1.82) is 0 Å². The molecule has 2 rings (SSSR count). The van der Waals surface area contributed by atoms with Gasteiger partial charge in [0.2, 0.25) is 0 Å². The molecule has 0 fully saturated rings. The zero-order chi connectivity index (χ0) is 12.3. The number of hydrogen-bond donors (Lipinski definition) is 1. The van der Waals surface area contributed by atoms with Gasteiger partial charge in [-0.3, -0.25) is 4.98 Å². The quantitative estimate of drug-likeness (QED) is 0.904. The van der Waals surface area contributed by atoms with Crippen LogP contribution in [0, 0.1) is 0 Å². The molecule has 0 spiro atoms. The summed E-state index contributed by atoms with van der Waals surface area (Å²) in [6.45, 7) is 2.59. The summed E-state index contributed by atoms with van der Waals surface area (Å²) >= 11 is 1.71. The summed E-state index contributed by atoms with van der Waals surface area (Å²) in [6.07, 6.45) is 1.29. The highest BCUT2D eigenvalue weighted by molar-refractivity contribution is 7.07. The summed E-state index contributed by atoms with van der Waals surface area (Å²) in [5, 5.41) is 13.6. The zero-order valence-electron chi connectivity index (χ0n) is 10.00. The highest BCUT2D eigenvalue weighted by atomic mass is 32.1. The molecular formula is C13H16N2OS. The van der Waals surface area contributed by atoms with E-state index in [4.69, 9.17) is 0 Å². The predicted octanol–water partition coefficient (Wildman–Crippen LogP) is 2.83. The van der Waals surface area contributed by atoms with Crippen molar-refractivity contribution in [3.8, 4) is 0 Å². The van der Waals surface area contributed by atoms with Crippen LogP contribution in [0.2, 0.25) is 0 Å². The first kappa shape index (κ1) is 12.1. The van der Waals surface area contributed by atoms with Crippen molar-refractivity contribution in [1.82, 2.24) is 4.98 Å². The summed E-state index contributed by atoms with van der Waals surface area (Å²) in [5.74, 6) is 0. The van der Waals surface area contributed by atoms with Crippen molar-refractivity contribution in [2.24, 2.45) is 0 Å². The van der Waals surface area contributed by atoms with Crippen LogP contribution in [0.1, 0.15) is 24.3 Å². The van der Waals surface area contributed by atoms with Gasteiger partial charge >= 0.3 is 0 Å². The molecule has 0 amide bonds. The van der Waals surface area contributed by atoms with Gasteiger partial charge in [0, 0.05) is 13.6 Å². The van der Waals surface area contributed by atoms with Gasteiger partial charge in [0.25, 0.3) is 0 Å². The maximum Gasteiger partial charge on any atom is 0.0931 e. The Morgan fingerprint density at radius 2 is 2.24 bits per heavy atom. The fourth-order valence-electron chi connectivity index (χ4n) is 1.62. The predicted molar refractivity (Wildman–Crippen MR) is 71.3 cm³/mol. The van der Waals surface area contributed by atoms with E-state index in [9.17, 15) is 5.11 Å². The average Bonchev–Trinajstić information content (AvgIpc) is 2.82. The third kappa shape index (κ3) is 3.05. The van der Waals surface area contributed by atoms with E-state index in [0.29, 0.717) is 5.69 Å². The van der Waals surface area contributed by atoms with Crippen molar-refractivity contribution in [2.45, 2.75) is 19.6 Å². The van der Waals surface area contributed by atoms with Crippen LogP contribution in [0.25, 0.3) is 0 Å². The highest BCUT2D eigenvalue weighted by Crippen LogP contribution is 2.18. The molecule has 0 saturated carbocycles. The summed E-state index contributed by atoms with van der Waals surface area (Å²) in [4.78, 5) is 6.38. The SMILES string of the molecule is CC(O)c1ccc(N(C)Cc2ccsc2)cn1. The molecule has 0 bridgehead atoms. The Hall–Kier alpha value is -1.39.